The molecule has 0 heterocycles. The molecule has 0 saturated heterocycles. The first kappa shape index (κ1) is 12.1. The van der Waals surface area contributed by atoms with Crippen molar-refractivity contribution in [1.82, 2.24) is 0 Å². The molecule has 14 heavy (non-hydrogen) atoms. The van der Waals surface area contributed by atoms with E-state index in [1.165, 1.54) is 32.1 Å². The Balaban J connectivity index is 2.53. The van der Waals surface area contributed by atoms with Gasteiger partial charge in [-0.2, -0.15) is 0 Å². The Hall–Kier alpha value is 0.0300. The molecule has 0 aromatic heterocycles. The third-order valence-corrected chi connectivity index (χ3v) is 3.81. The van der Waals surface area contributed by atoms with Crippen LogP contribution in [0.15, 0.2) is 11.6 Å². The Morgan fingerprint density at radius 2 is 2.07 bits per heavy atom. The SMILES string of the molecule is CCC1CCCCC1C(C)=CCCCl. The summed E-state index contributed by atoms with van der Waals surface area (Å²) in [5, 5.41) is 0. The van der Waals surface area contributed by atoms with Crippen molar-refractivity contribution in [2.75, 3.05) is 5.88 Å². The Morgan fingerprint density at radius 1 is 1.36 bits per heavy atom. The van der Waals surface area contributed by atoms with Crippen molar-refractivity contribution in [2.24, 2.45) is 11.8 Å². The van der Waals surface area contributed by atoms with Crippen LogP contribution in [-0.4, -0.2) is 5.88 Å². The summed E-state index contributed by atoms with van der Waals surface area (Å²) in [7, 11) is 0. The van der Waals surface area contributed by atoms with Crippen LogP contribution in [0.25, 0.3) is 0 Å². The zero-order valence-corrected chi connectivity index (χ0v) is 10.3. The largest absolute Gasteiger partial charge is 0.126 e. The first-order valence-electron chi connectivity index (χ1n) is 6.02. The summed E-state index contributed by atoms with van der Waals surface area (Å²) in [6.07, 6.45) is 10.4. The molecule has 1 aliphatic rings. The maximum atomic E-state index is 5.71. The predicted octanol–water partition coefficient (Wildman–Crippen LogP) is 4.78. The summed E-state index contributed by atoms with van der Waals surface area (Å²) in [5.41, 5.74) is 1.59. The molecule has 2 unspecified atom stereocenters. The second kappa shape index (κ2) is 6.50. The number of rotatable bonds is 4. The van der Waals surface area contributed by atoms with Gasteiger partial charge in [0.05, 0.1) is 0 Å². The predicted molar refractivity (Wildman–Crippen MR) is 64.8 cm³/mol. The molecule has 1 fully saturated rings. The Labute approximate surface area is 93.7 Å². The van der Waals surface area contributed by atoms with Crippen LogP contribution in [0.2, 0.25) is 0 Å². The Kier molecular flexibility index (Phi) is 5.62. The van der Waals surface area contributed by atoms with Gasteiger partial charge in [-0.1, -0.05) is 37.8 Å². The fourth-order valence-corrected chi connectivity index (χ4v) is 2.84. The third-order valence-electron chi connectivity index (χ3n) is 3.59. The Bertz CT molecular complexity index is 184. The van der Waals surface area contributed by atoms with Crippen LogP contribution in [0.3, 0.4) is 0 Å². The number of halogens is 1. The lowest BCUT2D eigenvalue weighted by molar-refractivity contribution is 0.264. The molecule has 1 aliphatic carbocycles. The number of hydrogen-bond donors (Lipinski definition) is 0. The summed E-state index contributed by atoms with van der Waals surface area (Å²) in [4.78, 5) is 0. The van der Waals surface area contributed by atoms with Crippen LogP contribution in [0.1, 0.15) is 52.4 Å². The molecule has 2 atom stereocenters. The molecular weight excluding hydrogens is 192 g/mol. The minimum atomic E-state index is 0.765. The van der Waals surface area contributed by atoms with Crippen molar-refractivity contribution in [3.8, 4) is 0 Å². The molecular formula is C13H23Cl. The maximum Gasteiger partial charge on any atom is 0.0258 e. The summed E-state index contributed by atoms with van der Waals surface area (Å²) >= 11 is 5.71. The quantitative estimate of drug-likeness (QED) is 0.467. The molecule has 0 N–H and O–H groups in total. The van der Waals surface area contributed by atoms with Gasteiger partial charge in [-0.05, 0) is 38.0 Å². The van der Waals surface area contributed by atoms with E-state index in [0.717, 1.165) is 24.1 Å². The smallest absolute Gasteiger partial charge is 0.0258 e. The van der Waals surface area contributed by atoms with Crippen molar-refractivity contribution in [2.45, 2.75) is 52.4 Å². The molecule has 0 bridgehead atoms. The second-order valence-corrected chi connectivity index (χ2v) is 4.86. The monoisotopic (exact) mass is 214 g/mol. The molecule has 0 aliphatic heterocycles. The van der Waals surface area contributed by atoms with Gasteiger partial charge >= 0.3 is 0 Å². The molecule has 0 radical (unpaired) electrons. The molecule has 0 aromatic rings. The van der Waals surface area contributed by atoms with Crippen molar-refractivity contribution >= 4 is 11.6 Å². The van der Waals surface area contributed by atoms with E-state index in [4.69, 9.17) is 11.6 Å². The highest BCUT2D eigenvalue weighted by molar-refractivity contribution is 6.17. The first-order valence-corrected chi connectivity index (χ1v) is 6.55. The van der Waals surface area contributed by atoms with E-state index >= 15 is 0 Å². The zero-order chi connectivity index (χ0) is 10.4. The number of allylic oxidation sites excluding steroid dienone is 2. The van der Waals surface area contributed by atoms with Crippen LogP contribution in [-0.2, 0) is 0 Å². The molecule has 1 saturated carbocycles. The highest BCUT2D eigenvalue weighted by Gasteiger charge is 2.24. The van der Waals surface area contributed by atoms with Gasteiger partial charge in [-0.3, -0.25) is 0 Å². The van der Waals surface area contributed by atoms with E-state index in [1.54, 1.807) is 5.57 Å². The summed E-state index contributed by atoms with van der Waals surface area (Å²) in [6, 6.07) is 0. The van der Waals surface area contributed by atoms with Crippen LogP contribution < -0.4 is 0 Å². The standard InChI is InChI=1S/C13H23Cl/c1-3-12-8-4-5-9-13(12)11(2)7-6-10-14/h7,12-13H,3-6,8-10H2,1-2H3. The Morgan fingerprint density at radius 3 is 2.71 bits per heavy atom. The number of hydrogen-bond acceptors (Lipinski definition) is 0. The lowest BCUT2D eigenvalue weighted by Crippen LogP contribution is -2.19. The van der Waals surface area contributed by atoms with E-state index < -0.39 is 0 Å². The van der Waals surface area contributed by atoms with Crippen molar-refractivity contribution in [3.63, 3.8) is 0 Å². The lowest BCUT2D eigenvalue weighted by Gasteiger charge is -2.31. The highest BCUT2D eigenvalue weighted by Crippen LogP contribution is 2.36. The fourth-order valence-electron chi connectivity index (χ4n) is 2.73. The van der Waals surface area contributed by atoms with Gasteiger partial charge < -0.3 is 0 Å². The van der Waals surface area contributed by atoms with Crippen LogP contribution in [0.5, 0.6) is 0 Å². The fraction of sp³-hybridized carbons (Fsp3) is 0.846. The molecule has 1 rings (SSSR count). The molecule has 0 aromatic carbocycles. The second-order valence-electron chi connectivity index (χ2n) is 4.49. The van der Waals surface area contributed by atoms with Crippen LogP contribution in [0.4, 0.5) is 0 Å². The van der Waals surface area contributed by atoms with E-state index in [0.29, 0.717) is 0 Å². The molecule has 0 spiro atoms. The first-order chi connectivity index (χ1) is 6.79. The average molecular weight is 215 g/mol. The highest BCUT2D eigenvalue weighted by atomic mass is 35.5. The topological polar surface area (TPSA) is 0 Å². The van der Waals surface area contributed by atoms with Crippen molar-refractivity contribution < 1.29 is 0 Å². The summed E-state index contributed by atoms with van der Waals surface area (Å²) in [5.74, 6) is 2.56. The molecule has 0 nitrogen and oxygen atoms in total. The molecule has 0 amide bonds. The van der Waals surface area contributed by atoms with E-state index in [9.17, 15) is 0 Å². The maximum absolute atomic E-state index is 5.71. The van der Waals surface area contributed by atoms with Gasteiger partial charge in [0.15, 0.2) is 0 Å². The molecule has 82 valence electrons. The third kappa shape index (κ3) is 3.31. The normalized spacial score (nSPS) is 29.2. The molecule has 1 heteroatoms. The minimum Gasteiger partial charge on any atom is -0.126 e. The van der Waals surface area contributed by atoms with Gasteiger partial charge in [0, 0.05) is 5.88 Å². The van der Waals surface area contributed by atoms with Gasteiger partial charge in [0.25, 0.3) is 0 Å². The van der Waals surface area contributed by atoms with E-state index in [-0.39, 0.29) is 0 Å². The minimum absolute atomic E-state index is 0.765. The summed E-state index contributed by atoms with van der Waals surface area (Å²) < 4.78 is 0. The van der Waals surface area contributed by atoms with Crippen LogP contribution in [0, 0.1) is 11.8 Å². The average Bonchev–Trinajstić information content (AvgIpc) is 2.25. The van der Waals surface area contributed by atoms with Gasteiger partial charge in [0.2, 0.25) is 0 Å². The van der Waals surface area contributed by atoms with Crippen molar-refractivity contribution in [3.05, 3.63) is 11.6 Å². The van der Waals surface area contributed by atoms with E-state index in [1.807, 2.05) is 0 Å². The van der Waals surface area contributed by atoms with Gasteiger partial charge in [-0.15, -0.1) is 11.6 Å². The van der Waals surface area contributed by atoms with Crippen molar-refractivity contribution in [1.29, 1.82) is 0 Å². The van der Waals surface area contributed by atoms with Crippen LogP contribution >= 0.6 is 11.6 Å². The zero-order valence-electron chi connectivity index (χ0n) is 9.56. The van der Waals surface area contributed by atoms with Gasteiger partial charge in [0.1, 0.15) is 0 Å². The summed E-state index contributed by atoms with van der Waals surface area (Å²) in [6.45, 7) is 4.63. The van der Waals surface area contributed by atoms with Gasteiger partial charge in [-0.25, -0.2) is 0 Å². The number of alkyl halides is 1. The van der Waals surface area contributed by atoms with E-state index in [2.05, 4.69) is 19.9 Å². The lowest BCUT2D eigenvalue weighted by atomic mass is 9.74.